The molecule has 1 amide bonds. The first-order valence-electron chi connectivity index (χ1n) is 21.3. The van der Waals surface area contributed by atoms with E-state index >= 15 is 0 Å². The molecular weight excluding hydrogens is 688 g/mol. The molecule has 0 saturated heterocycles. The molecule has 0 spiro atoms. The molecule has 0 bridgehead atoms. The fourth-order valence-corrected chi connectivity index (χ4v) is 6.10. The van der Waals surface area contributed by atoms with Gasteiger partial charge in [0.2, 0.25) is 0 Å². The number of rotatable bonds is 48. The molecule has 0 aliphatic rings. The van der Waals surface area contributed by atoms with E-state index in [0.29, 0.717) is 6.61 Å². The van der Waals surface area contributed by atoms with Gasteiger partial charge in [-0.25, -0.2) is 14.6 Å². The molecule has 0 aliphatic carbocycles. The zero-order valence-electron chi connectivity index (χ0n) is 33.5. The van der Waals surface area contributed by atoms with Gasteiger partial charge in [-0.15, -0.1) is 0 Å². The Morgan fingerprint density at radius 1 is 0.358 bits per heavy atom. The van der Waals surface area contributed by atoms with Crippen LogP contribution >= 0.6 is 0 Å². The van der Waals surface area contributed by atoms with Gasteiger partial charge in [-0.05, 0) is 72.0 Å². The van der Waals surface area contributed by atoms with Crippen LogP contribution in [0, 0.1) is 0 Å². The molecule has 15 heteroatoms. The SMILES string of the molecule is CCNCCNCCCCCCNCCCCCCCCCCCCCCCCCCCCCCCCCCCOOOOOOOOOOC(N)=O. The zero-order chi connectivity index (χ0) is 38.2. The predicted octanol–water partition coefficient (Wildman–Crippen LogP) is 9.57. The lowest BCUT2D eigenvalue weighted by Crippen LogP contribution is -2.27. The van der Waals surface area contributed by atoms with Crippen molar-refractivity contribution in [2.24, 2.45) is 5.73 Å². The number of nitrogens with two attached hydrogens (primary N) is 1. The first-order valence-corrected chi connectivity index (χ1v) is 21.3. The predicted molar refractivity (Wildman–Crippen MR) is 203 cm³/mol. The molecule has 53 heavy (non-hydrogen) atoms. The first kappa shape index (κ1) is 51.8. The van der Waals surface area contributed by atoms with Crippen molar-refractivity contribution in [1.29, 1.82) is 0 Å². The van der Waals surface area contributed by atoms with Gasteiger partial charge in [-0.3, -0.25) is 0 Å². The number of carbonyl (C=O) groups excluding carboxylic acids is 1. The molecule has 0 aliphatic heterocycles. The molecule has 0 aromatic heterocycles. The lowest BCUT2D eigenvalue weighted by atomic mass is 10.0. The third-order valence-corrected chi connectivity index (χ3v) is 9.13. The number of nitrogens with one attached hydrogen (secondary N) is 3. The average Bonchev–Trinajstić information content (AvgIpc) is 3.15. The van der Waals surface area contributed by atoms with E-state index in [9.17, 15) is 4.79 Å². The Bertz CT molecular complexity index is 690. The summed E-state index contributed by atoms with van der Waals surface area (Å²) in [7, 11) is 0. The van der Waals surface area contributed by atoms with Crippen molar-refractivity contribution >= 4 is 6.09 Å². The van der Waals surface area contributed by atoms with E-state index in [-0.39, 0.29) is 0 Å². The van der Waals surface area contributed by atoms with Crippen molar-refractivity contribution < 1.29 is 54.9 Å². The maximum Gasteiger partial charge on any atom is 0.439 e. The monoisotopic (exact) mass is 769 g/mol. The van der Waals surface area contributed by atoms with Gasteiger partial charge in [-0.2, -0.15) is 0 Å². The van der Waals surface area contributed by atoms with E-state index in [0.717, 1.165) is 45.4 Å². The van der Waals surface area contributed by atoms with Gasteiger partial charge in [0.05, 0.1) is 6.61 Å². The average molecular weight is 769 g/mol. The van der Waals surface area contributed by atoms with Gasteiger partial charge in [0, 0.05) is 33.2 Å². The van der Waals surface area contributed by atoms with E-state index in [2.05, 4.69) is 73.8 Å². The fraction of sp³-hybridized carbons (Fsp3) is 0.974. The topological polar surface area (TPSA) is 171 Å². The van der Waals surface area contributed by atoms with Crippen molar-refractivity contribution in [1.82, 2.24) is 16.0 Å². The molecular formula is C38H80N4O11. The molecule has 0 aromatic carbocycles. The molecule has 0 rings (SSSR count). The molecule has 0 saturated carbocycles. The molecule has 318 valence electrons. The van der Waals surface area contributed by atoms with Crippen LogP contribution in [0.3, 0.4) is 0 Å². The summed E-state index contributed by atoms with van der Waals surface area (Å²) in [6.07, 6.45) is 37.8. The zero-order valence-corrected chi connectivity index (χ0v) is 33.5. The van der Waals surface area contributed by atoms with Crippen LogP contribution in [0.15, 0.2) is 0 Å². The Hall–Kier alpha value is -1.21. The first-order chi connectivity index (χ1) is 26.3. The van der Waals surface area contributed by atoms with Crippen molar-refractivity contribution in [3.63, 3.8) is 0 Å². The highest BCUT2D eigenvalue weighted by molar-refractivity contribution is 5.63. The molecule has 15 nitrogen and oxygen atoms in total. The summed E-state index contributed by atoms with van der Waals surface area (Å²) < 4.78 is 0. The minimum Gasteiger partial charge on any atom is -0.333 e. The van der Waals surface area contributed by atoms with Crippen molar-refractivity contribution in [3.8, 4) is 0 Å². The van der Waals surface area contributed by atoms with Crippen LogP contribution in [0.5, 0.6) is 0 Å². The molecule has 0 unspecified atom stereocenters. The summed E-state index contributed by atoms with van der Waals surface area (Å²) in [6, 6.07) is 0. The van der Waals surface area contributed by atoms with Crippen LogP contribution in [-0.2, 0) is 50.1 Å². The van der Waals surface area contributed by atoms with Crippen molar-refractivity contribution in [3.05, 3.63) is 0 Å². The summed E-state index contributed by atoms with van der Waals surface area (Å²) in [4.78, 5) is 18.5. The molecule has 0 atom stereocenters. The summed E-state index contributed by atoms with van der Waals surface area (Å²) in [5.74, 6) is 0. The maximum absolute atomic E-state index is 10.1. The van der Waals surface area contributed by atoms with Gasteiger partial charge in [0.25, 0.3) is 0 Å². The lowest BCUT2D eigenvalue weighted by molar-refractivity contribution is -0.842. The number of likely N-dealkylation sites (N-methyl/N-ethyl adjacent to an activating group) is 1. The highest BCUT2D eigenvalue weighted by atomic mass is 17.9. The maximum atomic E-state index is 10.1. The second kappa shape index (κ2) is 48.8. The van der Waals surface area contributed by atoms with Crippen molar-refractivity contribution in [2.45, 2.75) is 193 Å². The van der Waals surface area contributed by atoms with Crippen LogP contribution < -0.4 is 21.7 Å². The van der Waals surface area contributed by atoms with Gasteiger partial charge in [0.15, 0.2) is 0 Å². The number of unbranched alkanes of at least 4 members (excludes halogenated alkanes) is 27. The highest BCUT2D eigenvalue weighted by Crippen LogP contribution is 2.16. The molecule has 0 radical (unpaired) electrons. The smallest absolute Gasteiger partial charge is 0.333 e. The Kier molecular flexibility index (Phi) is 47.7. The van der Waals surface area contributed by atoms with Gasteiger partial charge in [-0.1, -0.05) is 167 Å². The van der Waals surface area contributed by atoms with E-state index in [1.807, 2.05) is 0 Å². The minimum atomic E-state index is -1.26. The molecule has 0 fully saturated rings. The second-order valence-electron chi connectivity index (χ2n) is 13.9. The standard InChI is InChI=1S/C38H80N4O11/c1-2-40-35-36-42-34-30-26-25-29-33-41-32-28-24-22-20-18-16-14-12-10-8-6-4-3-5-7-9-11-13-15-17-19-21-23-27-31-37-44-46-48-50-52-53-51-49-47-45-38(39)43/h40-42H,2-37H2,1H3,(H2,39,43). The lowest BCUT2D eigenvalue weighted by Gasteiger charge is -2.06. The third-order valence-electron chi connectivity index (χ3n) is 9.13. The third kappa shape index (κ3) is 50.8. The quantitative estimate of drug-likeness (QED) is 0.0262. The second-order valence-corrected chi connectivity index (χ2v) is 13.9. The van der Waals surface area contributed by atoms with E-state index in [4.69, 9.17) is 4.89 Å². The van der Waals surface area contributed by atoms with Gasteiger partial charge >= 0.3 is 6.09 Å². The molecule has 0 heterocycles. The summed E-state index contributed by atoms with van der Waals surface area (Å²) in [5.41, 5.74) is 4.56. The Morgan fingerprint density at radius 2 is 0.642 bits per heavy atom. The van der Waals surface area contributed by atoms with Crippen molar-refractivity contribution in [2.75, 3.05) is 45.9 Å². The number of primary amides is 1. The van der Waals surface area contributed by atoms with Crippen LogP contribution in [0.1, 0.15) is 193 Å². The summed E-state index contributed by atoms with van der Waals surface area (Å²) >= 11 is 0. The fourth-order valence-electron chi connectivity index (χ4n) is 6.10. The largest absolute Gasteiger partial charge is 0.439 e. The van der Waals surface area contributed by atoms with Crippen LogP contribution in [0.4, 0.5) is 4.79 Å². The Labute approximate surface area is 321 Å². The van der Waals surface area contributed by atoms with Crippen LogP contribution in [0.2, 0.25) is 0 Å². The number of carbonyl (C=O) groups is 1. The summed E-state index contributed by atoms with van der Waals surface area (Å²) in [6.45, 7) is 9.29. The normalized spacial score (nSPS) is 11.5. The molecule has 5 N–H and O–H groups in total. The Balaban J connectivity index is 3.05. The minimum absolute atomic E-state index is 0.332. The molecule has 0 aromatic rings. The van der Waals surface area contributed by atoms with E-state index in [1.54, 1.807) is 0 Å². The Morgan fingerprint density at radius 3 is 1.00 bits per heavy atom. The highest BCUT2D eigenvalue weighted by Gasteiger charge is 2.01. The van der Waals surface area contributed by atoms with Crippen LogP contribution in [-0.4, -0.2) is 52.0 Å². The summed E-state index contributed by atoms with van der Waals surface area (Å²) in [5, 5.41) is 41.1. The number of hydrogen-bond acceptors (Lipinski definition) is 14. The van der Waals surface area contributed by atoms with Gasteiger partial charge < -0.3 is 21.7 Å². The van der Waals surface area contributed by atoms with Gasteiger partial charge in [0.1, 0.15) is 0 Å². The number of hydrogen-bond donors (Lipinski definition) is 4. The van der Waals surface area contributed by atoms with Crippen LogP contribution in [0.25, 0.3) is 0 Å². The van der Waals surface area contributed by atoms with E-state index < -0.39 is 6.09 Å². The van der Waals surface area contributed by atoms with E-state index in [1.165, 1.54) is 180 Å². The number of amides is 1.